The minimum Gasteiger partial charge on any atom is -0.494 e. The van der Waals surface area contributed by atoms with E-state index in [1.165, 1.54) is 0 Å². The molecular formula is C26H26ClN3O2. The Labute approximate surface area is 193 Å². The second kappa shape index (κ2) is 9.88. The Kier molecular flexibility index (Phi) is 6.76. The molecule has 1 N–H and O–H groups in total. The third-order valence-corrected chi connectivity index (χ3v) is 5.98. The molecule has 6 heteroatoms. The molecule has 0 atom stereocenters. The molecule has 0 saturated heterocycles. The molecule has 32 heavy (non-hydrogen) atoms. The van der Waals surface area contributed by atoms with Crippen molar-refractivity contribution in [3.63, 3.8) is 0 Å². The van der Waals surface area contributed by atoms with Gasteiger partial charge in [0.15, 0.2) is 0 Å². The SMILES string of the molecule is Cc1cc(OCCCn2c(CNC(=O)c3ccccc3)nc3ccccc32)cc(C)c1Cl. The van der Waals surface area contributed by atoms with Gasteiger partial charge in [0.25, 0.3) is 5.91 Å². The van der Waals surface area contributed by atoms with Crippen molar-refractivity contribution in [2.75, 3.05) is 6.61 Å². The number of fused-ring (bicyclic) bond motifs is 1. The van der Waals surface area contributed by atoms with Gasteiger partial charge in [0.2, 0.25) is 0 Å². The van der Waals surface area contributed by atoms with Crippen molar-refractivity contribution in [2.45, 2.75) is 33.4 Å². The molecule has 0 radical (unpaired) electrons. The molecule has 5 nitrogen and oxygen atoms in total. The third-order valence-electron chi connectivity index (χ3n) is 5.38. The van der Waals surface area contributed by atoms with Crippen molar-refractivity contribution in [2.24, 2.45) is 0 Å². The van der Waals surface area contributed by atoms with Gasteiger partial charge in [-0.05, 0) is 67.8 Å². The fraction of sp³-hybridized carbons (Fsp3) is 0.231. The topological polar surface area (TPSA) is 56.1 Å². The number of aromatic nitrogens is 2. The summed E-state index contributed by atoms with van der Waals surface area (Å²) in [5.41, 5.74) is 4.63. The van der Waals surface area contributed by atoms with Crippen LogP contribution in [-0.2, 0) is 13.1 Å². The molecule has 1 heterocycles. The van der Waals surface area contributed by atoms with E-state index in [0.29, 0.717) is 18.7 Å². The lowest BCUT2D eigenvalue weighted by atomic mass is 10.1. The van der Waals surface area contributed by atoms with E-state index < -0.39 is 0 Å². The van der Waals surface area contributed by atoms with Crippen molar-refractivity contribution in [1.82, 2.24) is 14.9 Å². The molecule has 0 aliphatic rings. The van der Waals surface area contributed by atoms with Crippen LogP contribution in [0.2, 0.25) is 5.02 Å². The minimum atomic E-state index is -0.110. The Morgan fingerprint density at radius 3 is 2.47 bits per heavy atom. The molecular weight excluding hydrogens is 422 g/mol. The maximum Gasteiger partial charge on any atom is 0.251 e. The summed E-state index contributed by atoms with van der Waals surface area (Å²) in [6, 6.07) is 21.2. The molecule has 4 aromatic rings. The largest absolute Gasteiger partial charge is 0.494 e. The number of benzene rings is 3. The molecule has 0 saturated carbocycles. The molecule has 0 aliphatic carbocycles. The van der Waals surface area contributed by atoms with Crippen LogP contribution in [0.4, 0.5) is 0 Å². The first-order valence-corrected chi connectivity index (χ1v) is 11.1. The highest BCUT2D eigenvalue weighted by molar-refractivity contribution is 6.32. The van der Waals surface area contributed by atoms with Crippen molar-refractivity contribution in [3.05, 3.63) is 94.3 Å². The molecule has 4 rings (SSSR count). The predicted octanol–water partition coefficient (Wildman–Crippen LogP) is 5.71. The monoisotopic (exact) mass is 447 g/mol. The van der Waals surface area contributed by atoms with E-state index in [2.05, 4.69) is 16.0 Å². The van der Waals surface area contributed by atoms with Crippen LogP contribution in [-0.4, -0.2) is 22.1 Å². The van der Waals surface area contributed by atoms with Gasteiger partial charge >= 0.3 is 0 Å². The van der Waals surface area contributed by atoms with Crippen LogP contribution in [0.5, 0.6) is 5.75 Å². The summed E-state index contributed by atoms with van der Waals surface area (Å²) in [5.74, 6) is 1.55. The number of aryl methyl sites for hydroxylation is 3. The van der Waals surface area contributed by atoms with E-state index in [9.17, 15) is 4.79 Å². The molecule has 3 aromatic carbocycles. The number of nitrogens with zero attached hydrogens (tertiary/aromatic N) is 2. The van der Waals surface area contributed by atoms with Gasteiger partial charge in [0.1, 0.15) is 11.6 Å². The zero-order valence-corrected chi connectivity index (χ0v) is 19.0. The molecule has 1 aromatic heterocycles. The van der Waals surface area contributed by atoms with E-state index in [0.717, 1.165) is 51.7 Å². The summed E-state index contributed by atoms with van der Waals surface area (Å²) in [4.78, 5) is 17.2. The zero-order valence-electron chi connectivity index (χ0n) is 18.3. The number of para-hydroxylation sites is 2. The summed E-state index contributed by atoms with van der Waals surface area (Å²) in [7, 11) is 0. The summed E-state index contributed by atoms with van der Waals surface area (Å²) in [6.07, 6.45) is 0.806. The van der Waals surface area contributed by atoms with Gasteiger partial charge in [-0.25, -0.2) is 4.98 Å². The van der Waals surface area contributed by atoms with Gasteiger partial charge in [-0.1, -0.05) is 41.9 Å². The smallest absolute Gasteiger partial charge is 0.251 e. The second-order valence-electron chi connectivity index (χ2n) is 7.79. The van der Waals surface area contributed by atoms with Gasteiger partial charge in [-0.2, -0.15) is 0 Å². The summed E-state index contributed by atoms with van der Waals surface area (Å²) in [6.45, 7) is 5.63. The average Bonchev–Trinajstić information content (AvgIpc) is 3.16. The number of halogens is 1. The normalized spacial score (nSPS) is 11.0. The van der Waals surface area contributed by atoms with Crippen LogP contribution >= 0.6 is 11.6 Å². The van der Waals surface area contributed by atoms with Crippen LogP contribution < -0.4 is 10.1 Å². The molecule has 0 unspecified atom stereocenters. The first-order chi connectivity index (χ1) is 15.5. The maximum absolute atomic E-state index is 12.5. The summed E-state index contributed by atoms with van der Waals surface area (Å²) in [5, 5.41) is 3.77. The van der Waals surface area contributed by atoms with E-state index in [4.69, 9.17) is 21.3 Å². The maximum atomic E-state index is 12.5. The van der Waals surface area contributed by atoms with Crippen molar-refractivity contribution < 1.29 is 9.53 Å². The predicted molar refractivity (Wildman–Crippen MR) is 128 cm³/mol. The fourth-order valence-electron chi connectivity index (χ4n) is 3.76. The first-order valence-electron chi connectivity index (χ1n) is 10.7. The number of hydrogen-bond donors (Lipinski definition) is 1. The number of ether oxygens (including phenoxy) is 1. The minimum absolute atomic E-state index is 0.110. The molecule has 0 fully saturated rings. The van der Waals surface area contributed by atoms with Crippen molar-refractivity contribution >= 4 is 28.5 Å². The van der Waals surface area contributed by atoms with Crippen LogP contribution in [0, 0.1) is 13.8 Å². The van der Waals surface area contributed by atoms with Crippen LogP contribution in [0.25, 0.3) is 11.0 Å². The zero-order chi connectivity index (χ0) is 22.5. The molecule has 164 valence electrons. The second-order valence-corrected chi connectivity index (χ2v) is 8.17. The van der Waals surface area contributed by atoms with Gasteiger partial charge in [0.05, 0.1) is 24.2 Å². The Balaban J connectivity index is 1.43. The lowest BCUT2D eigenvalue weighted by Crippen LogP contribution is -2.24. The fourth-order valence-corrected chi connectivity index (χ4v) is 3.87. The number of nitrogens with one attached hydrogen (secondary N) is 1. The van der Waals surface area contributed by atoms with E-state index in [-0.39, 0.29) is 5.91 Å². The highest BCUT2D eigenvalue weighted by Crippen LogP contribution is 2.26. The van der Waals surface area contributed by atoms with Crippen molar-refractivity contribution in [3.8, 4) is 5.75 Å². The van der Waals surface area contributed by atoms with Gasteiger partial charge in [-0.15, -0.1) is 0 Å². The van der Waals surface area contributed by atoms with Crippen LogP contribution in [0.15, 0.2) is 66.7 Å². The average molecular weight is 448 g/mol. The number of hydrogen-bond acceptors (Lipinski definition) is 3. The molecule has 0 bridgehead atoms. The number of rotatable bonds is 8. The molecule has 0 aliphatic heterocycles. The summed E-state index contributed by atoms with van der Waals surface area (Å²) < 4.78 is 8.12. The Bertz CT molecular complexity index is 1210. The van der Waals surface area contributed by atoms with Gasteiger partial charge in [-0.3, -0.25) is 4.79 Å². The van der Waals surface area contributed by atoms with Crippen LogP contribution in [0.1, 0.15) is 33.7 Å². The van der Waals surface area contributed by atoms with Gasteiger partial charge in [0, 0.05) is 17.1 Å². The lowest BCUT2D eigenvalue weighted by Gasteiger charge is -2.12. The Hall–Kier alpha value is -3.31. The number of carbonyl (C=O) groups is 1. The quantitative estimate of drug-likeness (QED) is 0.352. The van der Waals surface area contributed by atoms with Crippen LogP contribution in [0.3, 0.4) is 0 Å². The third kappa shape index (κ3) is 4.94. The first kappa shape index (κ1) is 21.9. The van der Waals surface area contributed by atoms with Crippen molar-refractivity contribution in [1.29, 1.82) is 0 Å². The lowest BCUT2D eigenvalue weighted by molar-refractivity contribution is 0.0949. The molecule has 0 spiro atoms. The Morgan fingerprint density at radius 1 is 1.03 bits per heavy atom. The Morgan fingerprint density at radius 2 is 1.72 bits per heavy atom. The number of amides is 1. The van der Waals surface area contributed by atoms with E-state index in [1.54, 1.807) is 12.1 Å². The highest BCUT2D eigenvalue weighted by atomic mass is 35.5. The standard InChI is InChI=1S/C26H26ClN3O2/c1-18-15-21(16-19(2)25(18)27)32-14-8-13-30-23-12-7-6-11-22(23)29-24(30)17-28-26(31)20-9-4-3-5-10-20/h3-7,9-12,15-16H,8,13-14,17H2,1-2H3,(H,28,31). The van der Waals surface area contributed by atoms with Gasteiger partial charge < -0.3 is 14.6 Å². The van der Waals surface area contributed by atoms with E-state index in [1.807, 2.05) is 62.4 Å². The molecule has 1 amide bonds. The number of imidazole rings is 1. The summed E-state index contributed by atoms with van der Waals surface area (Å²) >= 11 is 6.25. The highest BCUT2D eigenvalue weighted by Gasteiger charge is 2.12. The number of carbonyl (C=O) groups excluding carboxylic acids is 1. The van der Waals surface area contributed by atoms with E-state index >= 15 is 0 Å².